The van der Waals surface area contributed by atoms with Crippen molar-refractivity contribution in [1.29, 1.82) is 0 Å². The molecule has 0 aromatic heterocycles. The molecule has 0 spiro atoms. The van der Waals surface area contributed by atoms with Gasteiger partial charge in [-0.3, -0.25) is 0 Å². The summed E-state index contributed by atoms with van der Waals surface area (Å²) < 4.78 is 0. The van der Waals surface area contributed by atoms with Crippen LogP contribution in [-0.4, -0.2) is 0 Å². The summed E-state index contributed by atoms with van der Waals surface area (Å²) in [6.07, 6.45) is 6.89. The molecule has 1 N–H and O–H groups in total. The number of rotatable bonds is 3. The van der Waals surface area contributed by atoms with Crippen LogP contribution in [0.25, 0.3) is 11.1 Å². The summed E-state index contributed by atoms with van der Waals surface area (Å²) in [6, 6.07) is 24.7. The fourth-order valence-electron chi connectivity index (χ4n) is 5.38. The highest BCUT2D eigenvalue weighted by Gasteiger charge is 2.37. The Morgan fingerprint density at radius 3 is 2.25 bits per heavy atom. The average Bonchev–Trinajstić information content (AvgIpc) is 2.98. The van der Waals surface area contributed by atoms with E-state index in [1.165, 1.54) is 71.3 Å². The first-order valence-electron chi connectivity index (χ1n) is 10.7. The minimum absolute atomic E-state index is 0.0115. The second-order valence-corrected chi connectivity index (χ2v) is 8.98. The minimum atomic E-state index is 0.0115. The van der Waals surface area contributed by atoms with Crippen molar-refractivity contribution < 1.29 is 0 Å². The molecule has 2 aliphatic carbocycles. The third-order valence-corrected chi connectivity index (χ3v) is 6.85. The lowest BCUT2D eigenvalue weighted by molar-refractivity contribution is 0.443. The van der Waals surface area contributed by atoms with Gasteiger partial charge in [0, 0.05) is 16.8 Å². The smallest absolute Gasteiger partial charge is 0.0431 e. The predicted octanol–water partition coefficient (Wildman–Crippen LogP) is 7.78. The van der Waals surface area contributed by atoms with Gasteiger partial charge in [-0.05, 0) is 64.8 Å². The SMILES string of the molecule is CC1(C)c2ccccc2-c2cccc(Nc3ccc(C4CCCCC4)cc3)c21. The standard InChI is InChI=1S/C27H29N/c1-27(2)24-13-7-6-11-22(24)23-12-8-14-25(26(23)27)28-21-17-15-20(16-18-21)19-9-4-3-5-10-19/h6-8,11-19,28H,3-5,9-10H2,1-2H3. The second kappa shape index (κ2) is 6.81. The molecule has 1 saturated carbocycles. The van der Waals surface area contributed by atoms with Crippen molar-refractivity contribution in [3.63, 3.8) is 0 Å². The Balaban J connectivity index is 1.46. The van der Waals surface area contributed by atoms with Crippen LogP contribution in [0.4, 0.5) is 11.4 Å². The largest absolute Gasteiger partial charge is 0.355 e. The molecule has 0 saturated heterocycles. The highest BCUT2D eigenvalue weighted by atomic mass is 14.9. The van der Waals surface area contributed by atoms with Crippen molar-refractivity contribution in [3.8, 4) is 11.1 Å². The third-order valence-electron chi connectivity index (χ3n) is 6.85. The maximum absolute atomic E-state index is 3.72. The maximum Gasteiger partial charge on any atom is 0.0431 e. The number of hydrogen-bond acceptors (Lipinski definition) is 1. The summed E-state index contributed by atoms with van der Waals surface area (Å²) in [5.41, 5.74) is 9.50. The van der Waals surface area contributed by atoms with E-state index in [4.69, 9.17) is 0 Å². The van der Waals surface area contributed by atoms with E-state index >= 15 is 0 Å². The Kier molecular flexibility index (Phi) is 4.27. The molecule has 2 aliphatic rings. The van der Waals surface area contributed by atoms with E-state index in [-0.39, 0.29) is 5.41 Å². The Labute approximate surface area is 168 Å². The van der Waals surface area contributed by atoms with Crippen LogP contribution in [-0.2, 0) is 5.41 Å². The zero-order chi connectivity index (χ0) is 19.1. The Morgan fingerprint density at radius 2 is 1.46 bits per heavy atom. The lowest BCUT2D eigenvalue weighted by Crippen LogP contribution is -2.16. The topological polar surface area (TPSA) is 12.0 Å². The van der Waals surface area contributed by atoms with Gasteiger partial charge < -0.3 is 5.32 Å². The van der Waals surface area contributed by atoms with E-state index in [1.54, 1.807) is 0 Å². The lowest BCUT2D eigenvalue weighted by atomic mass is 9.81. The number of benzene rings is 3. The van der Waals surface area contributed by atoms with Crippen molar-refractivity contribution in [2.45, 2.75) is 57.3 Å². The van der Waals surface area contributed by atoms with Crippen molar-refractivity contribution in [1.82, 2.24) is 0 Å². The first-order chi connectivity index (χ1) is 13.6. The Bertz CT molecular complexity index is 991. The maximum atomic E-state index is 3.72. The molecule has 0 unspecified atom stereocenters. The molecule has 1 nitrogen and oxygen atoms in total. The summed E-state index contributed by atoms with van der Waals surface area (Å²) in [5.74, 6) is 0.761. The highest BCUT2D eigenvalue weighted by molar-refractivity contribution is 5.86. The molecular weight excluding hydrogens is 338 g/mol. The van der Waals surface area contributed by atoms with Crippen molar-refractivity contribution >= 4 is 11.4 Å². The van der Waals surface area contributed by atoms with Gasteiger partial charge in [0.2, 0.25) is 0 Å². The molecule has 3 aromatic rings. The molecule has 0 atom stereocenters. The zero-order valence-electron chi connectivity index (χ0n) is 17.0. The summed E-state index contributed by atoms with van der Waals surface area (Å²) in [5, 5.41) is 3.72. The molecule has 3 aromatic carbocycles. The van der Waals surface area contributed by atoms with Gasteiger partial charge in [-0.1, -0.05) is 81.6 Å². The molecule has 1 fully saturated rings. The van der Waals surface area contributed by atoms with Gasteiger partial charge in [0.25, 0.3) is 0 Å². The van der Waals surface area contributed by atoms with E-state index in [1.807, 2.05) is 0 Å². The van der Waals surface area contributed by atoms with E-state index in [2.05, 4.69) is 85.9 Å². The Morgan fingerprint density at radius 1 is 0.750 bits per heavy atom. The molecule has 0 aliphatic heterocycles. The zero-order valence-corrected chi connectivity index (χ0v) is 17.0. The Hall–Kier alpha value is -2.54. The van der Waals surface area contributed by atoms with Gasteiger partial charge >= 0.3 is 0 Å². The summed E-state index contributed by atoms with van der Waals surface area (Å²) in [7, 11) is 0. The first kappa shape index (κ1) is 17.6. The highest BCUT2D eigenvalue weighted by Crippen LogP contribution is 2.51. The molecule has 0 heterocycles. The molecule has 0 bridgehead atoms. The first-order valence-corrected chi connectivity index (χ1v) is 10.7. The van der Waals surface area contributed by atoms with Gasteiger partial charge in [0.1, 0.15) is 0 Å². The predicted molar refractivity (Wildman–Crippen MR) is 120 cm³/mol. The number of nitrogens with one attached hydrogen (secondary N) is 1. The number of fused-ring (bicyclic) bond motifs is 3. The lowest BCUT2D eigenvalue weighted by Gasteiger charge is -2.25. The van der Waals surface area contributed by atoms with Crippen LogP contribution in [0.3, 0.4) is 0 Å². The third kappa shape index (κ3) is 2.85. The van der Waals surface area contributed by atoms with Gasteiger partial charge in [-0.2, -0.15) is 0 Å². The van der Waals surface area contributed by atoms with Crippen LogP contribution in [0.5, 0.6) is 0 Å². The molecule has 28 heavy (non-hydrogen) atoms. The summed E-state index contributed by atoms with van der Waals surface area (Å²) in [6.45, 7) is 4.68. The van der Waals surface area contributed by atoms with Crippen LogP contribution in [0.15, 0.2) is 66.7 Å². The van der Waals surface area contributed by atoms with E-state index in [0.29, 0.717) is 0 Å². The van der Waals surface area contributed by atoms with Crippen LogP contribution < -0.4 is 5.32 Å². The monoisotopic (exact) mass is 367 g/mol. The van der Waals surface area contributed by atoms with Gasteiger partial charge in [-0.25, -0.2) is 0 Å². The quantitative estimate of drug-likeness (QED) is 0.498. The average molecular weight is 368 g/mol. The van der Waals surface area contributed by atoms with Crippen LogP contribution in [0, 0.1) is 0 Å². The van der Waals surface area contributed by atoms with E-state index in [0.717, 1.165) is 5.92 Å². The fraction of sp³-hybridized carbons (Fsp3) is 0.333. The van der Waals surface area contributed by atoms with Crippen LogP contribution in [0.1, 0.15) is 68.6 Å². The molecule has 1 heteroatoms. The van der Waals surface area contributed by atoms with Gasteiger partial charge in [0.15, 0.2) is 0 Å². The van der Waals surface area contributed by atoms with Gasteiger partial charge in [-0.15, -0.1) is 0 Å². The van der Waals surface area contributed by atoms with Crippen molar-refractivity contribution in [2.75, 3.05) is 5.32 Å². The van der Waals surface area contributed by atoms with Crippen LogP contribution in [0.2, 0.25) is 0 Å². The minimum Gasteiger partial charge on any atom is -0.355 e. The molecule has 0 radical (unpaired) electrons. The normalized spacial score (nSPS) is 17.8. The van der Waals surface area contributed by atoms with Crippen molar-refractivity contribution in [3.05, 3.63) is 83.4 Å². The van der Waals surface area contributed by atoms with Crippen LogP contribution >= 0.6 is 0 Å². The summed E-state index contributed by atoms with van der Waals surface area (Å²) in [4.78, 5) is 0. The molecular formula is C27H29N. The molecule has 0 amide bonds. The fourth-order valence-corrected chi connectivity index (χ4v) is 5.38. The number of hydrogen-bond donors (Lipinski definition) is 1. The summed E-state index contributed by atoms with van der Waals surface area (Å²) >= 11 is 0. The second-order valence-electron chi connectivity index (χ2n) is 8.98. The van der Waals surface area contributed by atoms with E-state index < -0.39 is 0 Å². The number of anilines is 2. The van der Waals surface area contributed by atoms with E-state index in [9.17, 15) is 0 Å². The van der Waals surface area contributed by atoms with Gasteiger partial charge in [0.05, 0.1) is 0 Å². The molecule has 5 rings (SSSR count). The van der Waals surface area contributed by atoms with Crippen molar-refractivity contribution in [2.24, 2.45) is 0 Å². The molecule has 142 valence electrons.